The molecule has 0 aliphatic carbocycles. The molecule has 2 aliphatic heterocycles. The van der Waals surface area contributed by atoms with Gasteiger partial charge in [-0.2, -0.15) is 0 Å². The second-order valence-corrected chi connectivity index (χ2v) is 6.94. The lowest BCUT2D eigenvalue weighted by Crippen LogP contribution is -2.49. The van der Waals surface area contributed by atoms with Crippen LogP contribution in [0.5, 0.6) is 0 Å². The van der Waals surface area contributed by atoms with Gasteiger partial charge in [0.1, 0.15) is 0 Å². The largest absolute Gasteiger partial charge is 0.312 e. The third-order valence-corrected chi connectivity index (χ3v) is 5.45. The molecule has 2 saturated heterocycles. The molecule has 0 aromatic rings. The second-order valence-electron chi connectivity index (χ2n) is 6.94. The summed E-state index contributed by atoms with van der Waals surface area (Å²) in [5.41, 5.74) is 0. The Kier molecular flexibility index (Phi) is 6.79. The molecule has 2 aliphatic rings. The molecule has 118 valence electrons. The van der Waals surface area contributed by atoms with E-state index in [1.807, 2.05) is 0 Å². The number of hydrogen-bond acceptors (Lipinski definition) is 3. The molecule has 3 atom stereocenters. The van der Waals surface area contributed by atoms with Gasteiger partial charge in [0, 0.05) is 25.2 Å². The smallest absolute Gasteiger partial charge is 0.0192 e. The molecule has 0 saturated carbocycles. The number of nitrogens with zero attached hydrogens (tertiary/aromatic N) is 2. The lowest BCUT2D eigenvalue weighted by Gasteiger charge is -2.37. The number of rotatable bonds is 6. The second kappa shape index (κ2) is 8.35. The van der Waals surface area contributed by atoms with Crippen LogP contribution in [0.3, 0.4) is 0 Å². The van der Waals surface area contributed by atoms with Crippen LogP contribution < -0.4 is 5.32 Å². The SMILES string of the molecule is CCN1CCCC(C(C)NCC(C)N2CCCCC2)C1. The van der Waals surface area contributed by atoms with Gasteiger partial charge in [0.05, 0.1) is 0 Å². The molecule has 0 spiro atoms. The molecular formula is C17H35N3. The summed E-state index contributed by atoms with van der Waals surface area (Å²) in [6, 6.07) is 1.36. The fourth-order valence-corrected chi connectivity index (χ4v) is 3.80. The van der Waals surface area contributed by atoms with E-state index in [2.05, 4.69) is 35.9 Å². The first-order valence-electron chi connectivity index (χ1n) is 8.90. The number of piperidine rings is 2. The lowest BCUT2D eigenvalue weighted by molar-refractivity contribution is 0.140. The maximum atomic E-state index is 3.83. The minimum Gasteiger partial charge on any atom is -0.312 e. The third-order valence-electron chi connectivity index (χ3n) is 5.45. The molecule has 20 heavy (non-hydrogen) atoms. The van der Waals surface area contributed by atoms with E-state index in [9.17, 15) is 0 Å². The molecule has 3 unspecified atom stereocenters. The van der Waals surface area contributed by atoms with Crippen molar-refractivity contribution in [1.29, 1.82) is 0 Å². The monoisotopic (exact) mass is 281 g/mol. The minimum absolute atomic E-state index is 0.664. The maximum absolute atomic E-state index is 3.83. The van der Waals surface area contributed by atoms with E-state index in [1.54, 1.807) is 0 Å². The molecule has 3 nitrogen and oxygen atoms in total. The van der Waals surface area contributed by atoms with Crippen molar-refractivity contribution < 1.29 is 0 Å². The molecule has 1 N–H and O–H groups in total. The Labute approximate surface area is 126 Å². The number of nitrogens with one attached hydrogen (secondary N) is 1. The van der Waals surface area contributed by atoms with Gasteiger partial charge in [-0.25, -0.2) is 0 Å². The van der Waals surface area contributed by atoms with Crippen molar-refractivity contribution in [3.05, 3.63) is 0 Å². The standard InChI is InChI=1S/C17H35N3/c1-4-19-10-8-9-17(14-19)16(3)18-13-15(2)20-11-6-5-7-12-20/h15-18H,4-14H2,1-3H3. The summed E-state index contributed by atoms with van der Waals surface area (Å²) in [7, 11) is 0. The van der Waals surface area contributed by atoms with Crippen LogP contribution in [-0.2, 0) is 0 Å². The summed E-state index contributed by atoms with van der Waals surface area (Å²) in [5, 5.41) is 3.83. The van der Waals surface area contributed by atoms with Crippen molar-refractivity contribution in [3.8, 4) is 0 Å². The molecular weight excluding hydrogens is 246 g/mol. The van der Waals surface area contributed by atoms with Crippen molar-refractivity contribution in [2.75, 3.05) is 39.3 Å². The summed E-state index contributed by atoms with van der Waals surface area (Å²) in [6.45, 7) is 14.7. The van der Waals surface area contributed by atoms with Crippen molar-refractivity contribution in [2.24, 2.45) is 5.92 Å². The highest BCUT2D eigenvalue weighted by Crippen LogP contribution is 2.19. The van der Waals surface area contributed by atoms with Gasteiger partial charge in [-0.15, -0.1) is 0 Å². The zero-order chi connectivity index (χ0) is 14.4. The van der Waals surface area contributed by atoms with Crippen molar-refractivity contribution in [3.63, 3.8) is 0 Å². The van der Waals surface area contributed by atoms with Crippen molar-refractivity contribution in [2.45, 2.75) is 65.0 Å². The summed E-state index contributed by atoms with van der Waals surface area (Å²) < 4.78 is 0. The average molecular weight is 281 g/mol. The molecule has 0 radical (unpaired) electrons. The summed E-state index contributed by atoms with van der Waals surface area (Å²) in [6.07, 6.45) is 7.01. The maximum Gasteiger partial charge on any atom is 0.0192 e. The van der Waals surface area contributed by atoms with Crippen LogP contribution in [-0.4, -0.2) is 61.2 Å². The van der Waals surface area contributed by atoms with E-state index in [-0.39, 0.29) is 0 Å². The molecule has 0 aromatic carbocycles. The topological polar surface area (TPSA) is 18.5 Å². The summed E-state index contributed by atoms with van der Waals surface area (Å²) >= 11 is 0. The van der Waals surface area contributed by atoms with Crippen LogP contribution in [0.2, 0.25) is 0 Å². The van der Waals surface area contributed by atoms with Crippen LogP contribution in [0.15, 0.2) is 0 Å². The third kappa shape index (κ3) is 4.71. The fourth-order valence-electron chi connectivity index (χ4n) is 3.80. The Balaban J connectivity index is 1.69. The Hall–Kier alpha value is -0.120. The van der Waals surface area contributed by atoms with E-state index in [0.29, 0.717) is 12.1 Å². The van der Waals surface area contributed by atoms with Gasteiger partial charge in [-0.3, -0.25) is 4.90 Å². The summed E-state index contributed by atoms with van der Waals surface area (Å²) in [5.74, 6) is 0.845. The Bertz CT molecular complexity index is 263. The van der Waals surface area contributed by atoms with E-state index in [1.165, 1.54) is 64.8 Å². The van der Waals surface area contributed by atoms with Gasteiger partial charge in [-0.1, -0.05) is 13.3 Å². The van der Waals surface area contributed by atoms with Crippen molar-refractivity contribution >= 4 is 0 Å². The normalized spacial score (nSPS) is 29.2. The molecule has 0 aromatic heterocycles. The van der Waals surface area contributed by atoms with Gasteiger partial charge in [0.15, 0.2) is 0 Å². The highest BCUT2D eigenvalue weighted by molar-refractivity contribution is 4.82. The predicted molar refractivity (Wildman–Crippen MR) is 87.2 cm³/mol. The van der Waals surface area contributed by atoms with Crippen LogP contribution in [0.1, 0.15) is 52.9 Å². The minimum atomic E-state index is 0.664. The van der Waals surface area contributed by atoms with E-state index < -0.39 is 0 Å². The quantitative estimate of drug-likeness (QED) is 0.807. The van der Waals surface area contributed by atoms with E-state index in [4.69, 9.17) is 0 Å². The Morgan fingerprint density at radius 3 is 2.50 bits per heavy atom. The first kappa shape index (κ1) is 16.3. The molecule has 2 fully saturated rings. The zero-order valence-electron chi connectivity index (χ0n) is 13.9. The van der Waals surface area contributed by atoms with Crippen LogP contribution >= 0.6 is 0 Å². The van der Waals surface area contributed by atoms with Crippen LogP contribution in [0.25, 0.3) is 0 Å². The van der Waals surface area contributed by atoms with Gasteiger partial charge >= 0.3 is 0 Å². The van der Waals surface area contributed by atoms with Gasteiger partial charge in [0.2, 0.25) is 0 Å². The van der Waals surface area contributed by atoms with Crippen LogP contribution in [0.4, 0.5) is 0 Å². The van der Waals surface area contributed by atoms with Crippen LogP contribution in [0, 0.1) is 5.92 Å². The molecule has 2 rings (SSSR count). The predicted octanol–water partition coefficient (Wildman–Crippen LogP) is 2.57. The zero-order valence-corrected chi connectivity index (χ0v) is 13.9. The molecule has 0 amide bonds. The first-order valence-corrected chi connectivity index (χ1v) is 8.90. The molecule has 0 bridgehead atoms. The number of likely N-dealkylation sites (tertiary alicyclic amines) is 2. The van der Waals surface area contributed by atoms with E-state index in [0.717, 1.165) is 12.5 Å². The van der Waals surface area contributed by atoms with E-state index >= 15 is 0 Å². The van der Waals surface area contributed by atoms with Gasteiger partial charge in [0.25, 0.3) is 0 Å². The fraction of sp³-hybridized carbons (Fsp3) is 1.00. The summed E-state index contributed by atoms with van der Waals surface area (Å²) in [4.78, 5) is 5.28. The lowest BCUT2D eigenvalue weighted by atomic mass is 9.91. The number of hydrogen-bond donors (Lipinski definition) is 1. The molecule has 3 heteroatoms. The highest BCUT2D eigenvalue weighted by atomic mass is 15.2. The van der Waals surface area contributed by atoms with Gasteiger partial charge < -0.3 is 10.2 Å². The molecule has 2 heterocycles. The average Bonchev–Trinajstić information content (AvgIpc) is 2.53. The Morgan fingerprint density at radius 2 is 1.80 bits per heavy atom. The van der Waals surface area contributed by atoms with Crippen molar-refractivity contribution in [1.82, 2.24) is 15.1 Å². The van der Waals surface area contributed by atoms with Gasteiger partial charge in [-0.05, 0) is 71.6 Å². The highest BCUT2D eigenvalue weighted by Gasteiger charge is 2.24. The first-order chi connectivity index (χ1) is 9.70. The Morgan fingerprint density at radius 1 is 1.05 bits per heavy atom.